The smallest absolute Gasteiger partial charge is 0.116 e. The average molecular weight is 493 g/mol. The third kappa shape index (κ3) is 3.71. The summed E-state index contributed by atoms with van der Waals surface area (Å²) >= 11 is 0. The summed E-state index contributed by atoms with van der Waals surface area (Å²) in [5.74, 6) is 2.75. The number of likely N-dealkylation sites (N-methyl/N-ethyl adjacent to an activating group) is 2. The number of morpholine rings is 2. The molecule has 6 nitrogen and oxygen atoms in total. The van der Waals surface area contributed by atoms with Crippen molar-refractivity contribution in [1.82, 2.24) is 0 Å². The highest BCUT2D eigenvalue weighted by Crippen LogP contribution is 2.67. The number of ether oxygens (including phenoxy) is 2. The van der Waals surface area contributed by atoms with Crippen LogP contribution in [-0.4, -0.2) is 110 Å². The molecule has 0 spiro atoms. The Morgan fingerprint density at radius 1 is 0.714 bits per heavy atom. The third-order valence-corrected chi connectivity index (χ3v) is 13.2. The van der Waals surface area contributed by atoms with Crippen LogP contribution >= 0.6 is 0 Å². The van der Waals surface area contributed by atoms with Crippen LogP contribution in [0, 0.1) is 34.5 Å². The van der Waals surface area contributed by atoms with Gasteiger partial charge in [0.1, 0.15) is 50.5 Å². The summed E-state index contributed by atoms with van der Waals surface area (Å²) in [6.07, 6.45) is 7.97. The first-order valence-electron chi connectivity index (χ1n) is 14.8. The minimum absolute atomic E-state index is 0.0604. The summed E-state index contributed by atoms with van der Waals surface area (Å²) in [4.78, 5) is 0. The van der Waals surface area contributed by atoms with Crippen molar-refractivity contribution in [2.24, 2.45) is 34.5 Å². The van der Waals surface area contributed by atoms with Crippen molar-refractivity contribution in [1.29, 1.82) is 0 Å². The van der Waals surface area contributed by atoms with Crippen LogP contribution in [0.15, 0.2) is 0 Å². The maximum Gasteiger partial charge on any atom is 0.116 e. The number of hydrogen-bond acceptors (Lipinski definition) is 4. The lowest BCUT2D eigenvalue weighted by atomic mass is 9.44. The summed E-state index contributed by atoms with van der Waals surface area (Å²) in [5, 5.41) is 23.2. The van der Waals surface area contributed by atoms with E-state index in [0.29, 0.717) is 29.3 Å². The van der Waals surface area contributed by atoms with Crippen molar-refractivity contribution < 1.29 is 28.7 Å². The molecule has 2 saturated heterocycles. The first-order valence-corrected chi connectivity index (χ1v) is 14.8. The fourth-order valence-electron chi connectivity index (χ4n) is 10.7. The largest absolute Gasteiger partial charge is 0.387 e. The number of rotatable bonds is 2. The monoisotopic (exact) mass is 492 g/mol. The molecule has 4 saturated carbocycles. The van der Waals surface area contributed by atoms with E-state index in [-0.39, 0.29) is 17.6 Å². The average Bonchev–Trinajstić information content (AvgIpc) is 3.12. The Morgan fingerprint density at radius 3 is 1.94 bits per heavy atom. The summed E-state index contributed by atoms with van der Waals surface area (Å²) in [6, 6.07) is 0.698. The number of hydrogen-bond donors (Lipinski definition) is 2. The van der Waals surface area contributed by atoms with Gasteiger partial charge in [-0.1, -0.05) is 13.8 Å². The van der Waals surface area contributed by atoms with E-state index in [1.807, 2.05) is 0 Å². The molecule has 0 amide bonds. The van der Waals surface area contributed by atoms with Crippen LogP contribution in [0.25, 0.3) is 0 Å². The molecule has 2 N–H and O–H groups in total. The van der Waals surface area contributed by atoms with Crippen LogP contribution < -0.4 is 0 Å². The van der Waals surface area contributed by atoms with Crippen LogP contribution in [-0.2, 0) is 9.47 Å². The predicted molar refractivity (Wildman–Crippen MR) is 136 cm³/mol. The Morgan fingerprint density at radius 2 is 1.31 bits per heavy atom. The topological polar surface area (TPSA) is 58.9 Å². The minimum Gasteiger partial charge on any atom is -0.387 e. The molecule has 0 bridgehead atoms. The molecule has 200 valence electrons. The van der Waals surface area contributed by atoms with Crippen molar-refractivity contribution in [2.75, 3.05) is 66.7 Å². The van der Waals surface area contributed by atoms with Gasteiger partial charge in [0.2, 0.25) is 0 Å². The van der Waals surface area contributed by atoms with E-state index in [1.165, 1.54) is 32.1 Å². The maximum atomic E-state index is 11.8. The van der Waals surface area contributed by atoms with Gasteiger partial charge in [-0.15, -0.1) is 0 Å². The maximum absolute atomic E-state index is 11.8. The second-order valence-electron chi connectivity index (χ2n) is 14.6. The van der Waals surface area contributed by atoms with E-state index in [1.54, 1.807) is 0 Å². The molecule has 6 heteroatoms. The molecule has 0 aromatic rings. The standard InChI is InChI=1S/C29H52N2O4/c1-28-8-7-22-21(23(28)18-24(27(28)33)30(3)9-13-34-14-10-30)6-5-20-17-26(32)25(19-29(20,22)2)31(4)11-15-35-16-12-31/h20-27,32-33H,5-19H2,1-4H3/q+2/t20-,21+,22-,23-,24-,25-,26-,27+,28-,29-/m0/s1. The molecular formula is C29H52N2O4+2. The lowest BCUT2D eigenvalue weighted by Crippen LogP contribution is -2.67. The van der Waals surface area contributed by atoms with Gasteiger partial charge in [0.25, 0.3) is 0 Å². The van der Waals surface area contributed by atoms with Gasteiger partial charge in [0.05, 0.1) is 40.5 Å². The van der Waals surface area contributed by atoms with Gasteiger partial charge < -0.3 is 28.7 Å². The number of aliphatic hydroxyl groups is 2. The quantitative estimate of drug-likeness (QED) is 0.582. The Kier molecular flexibility index (Phi) is 6.19. The van der Waals surface area contributed by atoms with E-state index >= 15 is 0 Å². The highest BCUT2D eigenvalue weighted by molar-refractivity contribution is 5.12. The van der Waals surface area contributed by atoms with Crippen LogP contribution in [0.3, 0.4) is 0 Å². The Labute approximate surface area is 213 Å². The van der Waals surface area contributed by atoms with Crippen molar-refractivity contribution in [3.05, 3.63) is 0 Å². The van der Waals surface area contributed by atoms with Gasteiger partial charge in [0, 0.05) is 18.3 Å². The molecule has 0 aromatic heterocycles. The molecule has 10 atom stereocenters. The highest BCUT2D eigenvalue weighted by atomic mass is 16.5. The first-order chi connectivity index (χ1) is 16.6. The van der Waals surface area contributed by atoms with Gasteiger partial charge >= 0.3 is 0 Å². The van der Waals surface area contributed by atoms with Crippen LogP contribution in [0.5, 0.6) is 0 Å². The van der Waals surface area contributed by atoms with E-state index in [2.05, 4.69) is 27.9 Å². The zero-order valence-corrected chi connectivity index (χ0v) is 22.8. The van der Waals surface area contributed by atoms with E-state index in [4.69, 9.17) is 9.47 Å². The fraction of sp³-hybridized carbons (Fsp3) is 1.00. The summed E-state index contributed by atoms with van der Waals surface area (Å²) in [7, 11) is 4.76. The summed E-state index contributed by atoms with van der Waals surface area (Å²) < 4.78 is 13.4. The van der Waals surface area contributed by atoms with Crippen molar-refractivity contribution >= 4 is 0 Å². The SMILES string of the molecule is C[C@]12C[C@H]([N+]3(C)CCOCC3)[C@@H](O)C[C@@H]1CC[C@@H]1[C@@H]2CC[C@]2(C)[C@H](O)[C@@H]([N+]3(C)CCOCC3)C[C@@H]12. The van der Waals surface area contributed by atoms with Crippen LogP contribution in [0.1, 0.15) is 58.8 Å². The molecule has 4 aliphatic carbocycles. The zero-order valence-electron chi connectivity index (χ0n) is 22.8. The Hall–Kier alpha value is -0.240. The summed E-state index contributed by atoms with van der Waals surface area (Å²) in [5.41, 5.74) is 0.374. The minimum atomic E-state index is -0.194. The number of fused-ring (bicyclic) bond motifs is 5. The number of quaternary nitrogens is 2. The van der Waals surface area contributed by atoms with Crippen LogP contribution in [0.4, 0.5) is 0 Å². The molecule has 2 aliphatic heterocycles. The highest BCUT2D eigenvalue weighted by Gasteiger charge is 2.66. The predicted octanol–water partition coefficient (Wildman–Crippen LogP) is 2.66. The molecular weight excluding hydrogens is 440 g/mol. The lowest BCUT2D eigenvalue weighted by Gasteiger charge is -2.62. The van der Waals surface area contributed by atoms with Crippen LogP contribution in [0.2, 0.25) is 0 Å². The molecule has 0 unspecified atom stereocenters. The van der Waals surface area contributed by atoms with Crippen molar-refractivity contribution in [3.63, 3.8) is 0 Å². The number of aliphatic hydroxyl groups excluding tert-OH is 2. The summed E-state index contributed by atoms with van der Waals surface area (Å²) in [6.45, 7) is 12.5. The third-order valence-electron chi connectivity index (χ3n) is 13.2. The zero-order chi connectivity index (χ0) is 24.6. The molecule has 0 radical (unpaired) electrons. The molecule has 35 heavy (non-hydrogen) atoms. The molecule has 2 heterocycles. The normalized spacial score (nSPS) is 53.3. The Balaban J connectivity index is 1.27. The van der Waals surface area contributed by atoms with Gasteiger partial charge in [-0.3, -0.25) is 0 Å². The van der Waals surface area contributed by atoms with Gasteiger partial charge in [-0.2, -0.15) is 0 Å². The lowest BCUT2D eigenvalue weighted by molar-refractivity contribution is -0.945. The van der Waals surface area contributed by atoms with E-state index in [0.717, 1.165) is 86.3 Å². The fourth-order valence-corrected chi connectivity index (χ4v) is 10.7. The molecule has 0 aromatic carbocycles. The first kappa shape index (κ1) is 25.1. The number of nitrogens with zero attached hydrogens (tertiary/aromatic N) is 2. The van der Waals surface area contributed by atoms with Crippen molar-refractivity contribution in [2.45, 2.75) is 83.1 Å². The molecule has 6 aliphatic rings. The molecule has 6 fully saturated rings. The Bertz CT molecular complexity index is 796. The molecule has 6 rings (SSSR count). The van der Waals surface area contributed by atoms with E-state index < -0.39 is 0 Å². The second kappa shape index (κ2) is 8.64. The van der Waals surface area contributed by atoms with Gasteiger partial charge in [-0.05, 0) is 61.2 Å². The second-order valence-corrected chi connectivity index (χ2v) is 14.6. The van der Waals surface area contributed by atoms with Gasteiger partial charge in [0.15, 0.2) is 0 Å². The van der Waals surface area contributed by atoms with Crippen molar-refractivity contribution in [3.8, 4) is 0 Å². The van der Waals surface area contributed by atoms with E-state index in [9.17, 15) is 10.2 Å². The van der Waals surface area contributed by atoms with Gasteiger partial charge in [-0.25, -0.2) is 0 Å².